The molecule has 24 heavy (non-hydrogen) atoms. The Morgan fingerprint density at radius 3 is 2.71 bits per heavy atom. The van der Waals surface area contributed by atoms with Crippen molar-refractivity contribution in [2.24, 2.45) is 5.92 Å². The summed E-state index contributed by atoms with van der Waals surface area (Å²) in [6, 6.07) is 5.59. The van der Waals surface area contributed by atoms with E-state index in [1.165, 1.54) is 35.6 Å². The van der Waals surface area contributed by atoms with Crippen LogP contribution in [-0.4, -0.2) is 28.2 Å². The van der Waals surface area contributed by atoms with Crippen molar-refractivity contribution in [3.8, 4) is 0 Å². The molecule has 124 valence electrons. The van der Waals surface area contributed by atoms with Crippen molar-refractivity contribution in [3.05, 3.63) is 46.2 Å². The number of hydrogen-bond acceptors (Lipinski definition) is 4. The van der Waals surface area contributed by atoms with Crippen molar-refractivity contribution in [2.45, 2.75) is 25.8 Å². The van der Waals surface area contributed by atoms with E-state index in [1.807, 2.05) is 0 Å². The molecule has 2 heterocycles. The second-order valence-electron chi connectivity index (χ2n) is 6.14. The average Bonchev–Trinajstić information content (AvgIpc) is 3.35. The molecule has 0 bridgehead atoms. The van der Waals surface area contributed by atoms with Crippen LogP contribution in [0.2, 0.25) is 0 Å². The van der Waals surface area contributed by atoms with Crippen LogP contribution < -0.4 is 5.32 Å². The molecule has 7 heteroatoms. The van der Waals surface area contributed by atoms with E-state index in [4.69, 9.17) is 0 Å². The number of rotatable bonds is 3. The summed E-state index contributed by atoms with van der Waals surface area (Å²) in [7, 11) is 0. The van der Waals surface area contributed by atoms with Crippen molar-refractivity contribution < 1.29 is 14.0 Å². The summed E-state index contributed by atoms with van der Waals surface area (Å²) in [4.78, 5) is 31.6. The number of hydrogen-bond donors (Lipinski definition) is 1. The van der Waals surface area contributed by atoms with E-state index in [0.717, 1.165) is 23.4 Å². The lowest BCUT2D eigenvalue weighted by atomic mass is 10.1. The van der Waals surface area contributed by atoms with Crippen LogP contribution in [0.1, 0.15) is 33.8 Å². The highest BCUT2D eigenvalue weighted by atomic mass is 32.1. The first-order valence-corrected chi connectivity index (χ1v) is 8.76. The van der Waals surface area contributed by atoms with E-state index in [1.54, 1.807) is 4.90 Å². The Balaban J connectivity index is 1.46. The van der Waals surface area contributed by atoms with Crippen LogP contribution in [0.15, 0.2) is 24.3 Å². The predicted octanol–water partition coefficient (Wildman–Crippen LogP) is 2.83. The van der Waals surface area contributed by atoms with Crippen molar-refractivity contribution in [2.75, 3.05) is 11.9 Å². The SMILES string of the molecule is O=C(Nc1nc2c(s1)CN(C(=O)c1ccc(F)cc1)CC2)C1CC1. The van der Waals surface area contributed by atoms with Crippen LogP contribution in [0.3, 0.4) is 0 Å². The standard InChI is InChI=1S/C17H16FN3O2S/c18-12-5-3-11(4-6-12)16(23)21-8-7-13-14(9-21)24-17(19-13)20-15(22)10-1-2-10/h3-6,10H,1-2,7-9H2,(H,19,20,22). The third-order valence-electron chi connectivity index (χ3n) is 4.29. The van der Waals surface area contributed by atoms with Gasteiger partial charge in [-0.2, -0.15) is 0 Å². The summed E-state index contributed by atoms with van der Waals surface area (Å²) in [5.74, 6) is -0.286. The Kier molecular flexibility index (Phi) is 3.80. The second-order valence-corrected chi connectivity index (χ2v) is 7.22. The van der Waals surface area contributed by atoms with E-state index in [-0.39, 0.29) is 23.5 Å². The molecule has 2 amide bonds. The summed E-state index contributed by atoms with van der Waals surface area (Å²) in [5.41, 5.74) is 1.43. The quantitative estimate of drug-likeness (QED) is 0.930. The number of thiazole rings is 1. The molecule has 2 aliphatic rings. The molecular formula is C17H16FN3O2S. The van der Waals surface area contributed by atoms with Gasteiger partial charge in [0.25, 0.3) is 5.91 Å². The van der Waals surface area contributed by atoms with Gasteiger partial charge >= 0.3 is 0 Å². The maximum Gasteiger partial charge on any atom is 0.254 e. The summed E-state index contributed by atoms with van der Waals surface area (Å²) in [6.45, 7) is 1.05. The minimum absolute atomic E-state index is 0.0420. The number of fused-ring (bicyclic) bond motifs is 1. The molecule has 1 saturated carbocycles. The van der Waals surface area contributed by atoms with Gasteiger partial charge in [-0.3, -0.25) is 9.59 Å². The Morgan fingerprint density at radius 1 is 1.25 bits per heavy atom. The molecule has 5 nitrogen and oxygen atoms in total. The van der Waals surface area contributed by atoms with E-state index >= 15 is 0 Å². The molecule has 1 N–H and O–H groups in total. The summed E-state index contributed by atoms with van der Waals surface area (Å²) < 4.78 is 13.0. The fraction of sp³-hybridized carbons (Fsp3) is 0.353. The topological polar surface area (TPSA) is 62.3 Å². The smallest absolute Gasteiger partial charge is 0.254 e. The van der Waals surface area contributed by atoms with Gasteiger partial charge < -0.3 is 10.2 Å². The molecule has 1 fully saturated rings. The first-order valence-electron chi connectivity index (χ1n) is 7.94. The van der Waals surface area contributed by atoms with Crippen LogP contribution in [0.4, 0.5) is 9.52 Å². The molecule has 0 saturated heterocycles. The first-order chi connectivity index (χ1) is 11.6. The lowest BCUT2D eigenvalue weighted by molar-refractivity contribution is -0.117. The number of aromatic nitrogens is 1. The van der Waals surface area contributed by atoms with Gasteiger partial charge in [0.1, 0.15) is 5.82 Å². The summed E-state index contributed by atoms with van der Waals surface area (Å²) in [6.07, 6.45) is 2.58. The fourth-order valence-corrected chi connectivity index (χ4v) is 3.78. The first kappa shape index (κ1) is 15.3. The van der Waals surface area contributed by atoms with E-state index in [0.29, 0.717) is 30.2 Å². The summed E-state index contributed by atoms with van der Waals surface area (Å²) in [5, 5.41) is 3.48. The number of anilines is 1. The lowest BCUT2D eigenvalue weighted by Crippen LogP contribution is -2.35. The Hall–Kier alpha value is -2.28. The molecule has 0 unspecified atom stereocenters. The van der Waals surface area contributed by atoms with Gasteiger partial charge in [-0.25, -0.2) is 9.37 Å². The van der Waals surface area contributed by atoms with Crippen molar-refractivity contribution in [1.82, 2.24) is 9.88 Å². The van der Waals surface area contributed by atoms with Crippen molar-refractivity contribution in [1.29, 1.82) is 0 Å². The Bertz CT molecular complexity index is 799. The highest BCUT2D eigenvalue weighted by Crippen LogP contribution is 2.33. The van der Waals surface area contributed by atoms with Crippen LogP contribution in [0, 0.1) is 11.7 Å². The number of carbonyl (C=O) groups excluding carboxylic acids is 2. The lowest BCUT2D eigenvalue weighted by Gasteiger charge is -2.26. The molecule has 0 radical (unpaired) electrons. The molecule has 1 aliphatic heterocycles. The zero-order valence-electron chi connectivity index (χ0n) is 12.9. The normalized spacial score (nSPS) is 16.6. The van der Waals surface area contributed by atoms with E-state index in [2.05, 4.69) is 10.3 Å². The molecule has 1 aliphatic carbocycles. The van der Waals surface area contributed by atoms with Gasteiger partial charge in [0.05, 0.1) is 12.2 Å². The highest BCUT2D eigenvalue weighted by Gasteiger charge is 2.31. The monoisotopic (exact) mass is 345 g/mol. The average molecular weight is 345 g/mol. The Labute approximate surface area is 142 Å². The number of carbonyl (C=O) groups is 2. The van der Waals surface area contributed by atoms with Gasteiger partial charge in [0, 0.05) is 29.3 Å². The van der Waals surface area contributed by atoms with Crippen LogP contribution in [0.25, 0.3) is 0 Å². The van der Waals surface area contributed by atoms with Gasteiger partial charge in [0.15, 0.2) is 5.13 Å². The zero-order valence-corrected chi connectivity index (χ0v) is 13.7. The second kappa shape index (κ2) is 5.98. The number of amides is 2. The van der Waals surface area contributed by atoms with Crippen molar-refractivity contribution in [3.63, 3.8) is 0 Å². The predicted molar refractivity (Wildman–Crippen MR) is 88.3 cm³/mol. The Morgan fingerprint density at radius 2 is 2.00 bits per heavy atom. The molecule has 0 atom stereocenters. The third-order valence-corrected chi connectivity index (χ3v) is 5.29. The largest absolute Gasteiger partial charge is 0.333 e. The molecule has 0 spiro atoms. The minimum atomic E-state index is -0.356. The highest BCUT2D eigenvalue weighted by molar-refractivity contribution is 7.15. The third kappa shape index (κ3) is 3.03. The summed E-state index contributed by atoms with van der Waals surface area (Å²) >= 11 is 1.43. The molecule has 1 aromatic heterocycles. The van der Waals surface area contributed by atoms with E-state index < -0.39 is 0 Å². The van der Waals surface area contributed by atoms with Gasteiger partial charge in [-0.15, -0.1) is 0 Å². The molecule has 1 aromatic carbocycles. The van der Waals surface area contributed by atoms with Gasteiger partial charge in [0.2, 0.25) is 5.91 Å². The van der Waals surface area contributed by atoms with Crippen LogP contribution in [0.5, 0.6) is 0 Å². The van der Waals surface area contributed by atoms with Crippen molar-refractivity contribution >= 4 is 28.3 Å². The number of halogens is 1. The molecule has 4 rings (SSSR count). The van der Waals surface area contributed by atoms with Crippen LogP contribution in [-0.2, 0) is 17.8 Å². The maximum absolute atomic E-state index is 13.0. The molecular weight excluding hydrogens is 329 g/mol. The van der Waals surface area contributed by atoms with Gasteiger partial charge in [-0.1, -0.05) is 11.3 Å². The van der Waals surface area contributed by atoms with Gasteiger partial charge in [-0.05, 0) is 37.1 Å². The number of nitrogens with zero attached hydrogens (tertiary/aromatic N) is 2. The van der Waals surface area contributed by atoms with Crippen LogP contribution >= 0.6 is 11.3 Å². The van der Waals surface area contributed by atoms with E-state index in [9.17, 15) is 14.0 Å². The fourth-order valence-electron chi connectivity index (χ4n) is 2.75. The number of nitrogens with one attached hydrogen (secondary N) is 1. The number of benzene rings is 1. The molecule has 2 aromatic rings. The maximum atomic E-state index is 13.0. The zero-order chi connectivity index (χ0) is 16.7. The minimum Gasteiger partial charge on any atom is -0.333 e.